The number of anilines is 1. The number of amides is 2. The Labute approximate surface area is 207 Å². The molecule has 8 heteroatoms. The first-order valence-corrected chi connectivity index (χ1v) is 13.4. The van der Waals surface area contributed by atoms with E-state index in [0.29, 0.717) is 18.5 Å². The standard InChI is InChI=1S/C27H38N4O4/c1-2-29-14-16-30(17-15-29)21-10-8-20(9-11-21)26(33)28-24(19-6-4-3-5-7-19)27(34)31-13-12-23-25(31)22(32)18-35-23/h8-11,19,23-25H,2-7,12-18H2,1H3,(H,28,33)/t23-,24+,25-/m1/s1. The fraction of sp³-hybridized carbons (Fsp3) is 0.667. The topological polar surface area (TPSA) is 82.2 Å². The minimum atomic E-state index is -0.600. The molecular formula is C27H38N4O4. The number of carbonyl (C=O) groups excluding carboxylic acids is 3. The Kier molecular flexibility index (Phi) is 7.39. The van der Waals surface area contributed by atoms with Crippen LogP contribution in [0, 0.1) is 5.92 Å². The van der Waals surface area contributed by atoms with Gasteiger partial charge in [0.15, 0.2) is 5.78 Å². The number of likely N-dealkylation sites (tertiary alicyclic amines) is 1. The van der Waals surface area contributed by atoms with E-state index in [9.17, 15) is 14.4 Å². The smallest absolute Gasteiger partial charge is 0.251 e. The molecule has 4 aliphatic rings. The average Bonchev–Trinajstić information content (AvgIpc) is 3.50. The number of hydrogen-bond acceptors (Lipinski definition) is 6. The number of likely N-dealkylation sites (N-methyl/N-ethyl adjacent to an activating group) is 1. The first kappa shape index (κ1) is 24.3. The predicted octanol–water partition coefficient (Wildman–Crippen LogP) is 2.08. The number of hydrogen-bond donors (Lipinski definition) is 1. The SMILES string of the molecule is CCN1CCN(c2ccc(C(=O)N[C@H](C(=O)N3CC[C@H]4OCC(=O)[C@H]43)C3CCCCC3)cc2)CC1. The third-order valence-corrected chi connectivity index (χ3v) is 8.38. The van der Waals surface area contributed by atoms with E-state index in [2.05, 4.69) is 22.0 Å². The summed E-state index contributed by atoms with van der Waals surface area (Å²) in [5.74, 6) is -0.265. The van der Waals surface area contributed by atoms with E-state index in [1.54, 1.807) is 4.90 Å². The molecule has 0 unspecified atom stereocenters. The number of Topliss-reactive ketones (excluding diaryl/α,β-unsaturated/α-hetero) is 1. The molecule has 1 aromatic rings. The van der Waals surface area contributed by atoms with Gasteiger partial charge in [-0.1, -0.05) is 26.2 Å². The van der Waals surface area contributed by atoms with Crippen LogP contribution in [-0.4, -0.2) is 91.5 Å². The number of ether oxygens (including phenoxy) is 1. The van der Waals surface area contributed by atoms with Gasteiger partial charge in [-0.15, -0.1) is 0 Å². The van der Waals surface area contributed by atoms with E-state index >= 15 is 0 Å². The first-order valence-electron chi connectivity index (χ1n) is 13.4. The summed E-state index contributed by atoms with van der Waals surface area (Å²) in [5, 5.41) is 3.08. The lowest BCUT2D eigenvalue weighted by Crippen LogP contribution is -2.55. The van der Waals surface area contributed by atoms with Crippen molar-refractivity contribution in [3.63, 3.8) is 0 Å². The maximum absolute atomic E-state index is 13.7. The number of ketones is 1. The molecule has 8 nitrogen and oxygen atoms in total. The summed E-state index contributed by atoms with van der Waals surface area (Å²) in [6.45, 7) is 7.93. The van der Waals surface area contributed by atoms with Gasteiger partial charge in [0.2, 0.25) is 5.91 Å². The van der Waals surface area contributed by atoms with Gasteiger partial charge in [-0.05, 0) is 56.0 Å². The zero-order valence-corrected chi connectivity index (χ0v) is 20.8. The first-order chi connectivity index (χ1) is 17.0. The van der Waals surface area contributed by atoms with Crippen molar-refractivity contribution in [2.45, 2.75) is 63.6 Å². The maximum Gasteiger partial charge on any atom is 0.251 e. The number of rotatable bonds is 6. The van der Waals surface area contributed by atoms with Gasteiger partial charge in [-0.3, -0.25) is 14.4 Å². The number of nitrogens with one attached hydrogen (secondary N) is 1. The molecule has 0 aromatic heterocycles. The highest BCUT2D eigenvalue weighted by molar-refractivity contribution is 5.99. The Hall–Kier alpha value is -2.45. The molecule has 1 aliphatic carbocycles. The summed E-state index contributed by atoms with van der Waals surface area (Å²) in [6.07, 6.45) is 5.64. The van der Waals surface area contributed by atoms with Crippen LogP contribution in [0.1, 0.15) is 55.8 Å². The van der Waals surface area contributed by atoms with Crippen molar-refractivity contribution in [3.8, 4) is 0 Å². The quantitative estimate of drug-likeness (QED) is 0.669. The van der Waals surface area contributed by atoms with Crippen molar-refractivity contribution >= 4 is 23.3 Å². The van der Waals surface area contributed by atoms with E-state index in [1.165, 1.54) is 6.42 Å². The molecule has 1 N–H and O–H groups in total. The number of fused-ring (bicyclic) bond motifs is 1. The van der Waals surface area contributed by atoms with Crippen molar-refractivity contribution in [1.29, 1.82) is 0 Å². The number of benzene rings is 1. The Balaban J connectivity index is 1.28. The largest absolute Gasteiger partial charge is 0.369 e. The van der Waals surface area contributed by atoms with Gasteiger partial charge in [0.25, 0.3) is 5.91 Å². The lowest BCUT2D eigenvalue weighted by Gasteiger charge is -2.35. The lowest BCUT2D eigenvalue weighted by molar-refractivity contribution is -0.139. The molecule has 3 heterocycles. The van der Waals surface area contributed by atoms with Crippen molar-refractivity contribution < 1.29 is 19.1 Å². The Morgan fingerprint density at radius 1 is 1.00 bits per heavy atom. The molecule has 1 saturated carbocycles. The summed E-state index contributed by atoms with van der Waals surface area (Å²) in [5.41, 5.74) is 1.69. The van der Waals surface area contributed by atoms with Gasteiger partial charge in [0, 0.05) is 44.0 Å². The normalized spacial score (nSPS) is 26.6. The minimum absolute atomic E-state index is 0.0232. The van der Waals surface area contributed by atoms with Crippen molar-refractivity contribution in [1.82, 2.24) is 15.1 Å². The monoisotopic (exact) mass is 482 g/mol. The van der Waals surface area contributed by atoms with Crippen LogP contribution in [0.4, 0.5) is 5.69 Å². The van der Waals surface area contributed by atoms with Crippen LogP contribution >= 0.6 is 0 Å². The molecular weight excluding hydrogens is 444 g/mol. The molecule has 0 radical (unpaired) electrons. The fourth-order valence-electron chi connectivity index (χ4n) is 6.24. The Bertz CT molecular complexity index is 922. The molecule has 2 amide bonds. The minimum Gasteiger partial charge on any atom is -0.369 e. The number of carbonyl (C=O) groups is 3. The van der Waals surface area contributed by atoms with Crippen molar-refractivity contribution in [3.05, 3.63) is 29.8 Å². The maximum atomic E-state index is 13.7. The molecule has 4 fully saturated rings. The molecule has 3 aliphatic heterocycles. The number of nitrogens with zero attached hydrogens (tertiary/aromatic N) is 3. The van der Waals surface area contributed by atoms with Crippen LogP contribution in [0.25, 0.3) is 0 Å². The van der Waals surface area contributed by atoms with E-state index in [0.717, 1.165) is 64.1 Å². The second kappa shape index (κ2) is 10.7. The third kappa shape index (κ3) is 5.09. The molecule has 3 saturated heterocycles. The van der Waals surface area contributed by atoms with Crippen LogP contribution in [0.2, 0.25) is 0 Å². The molecule has 0 bridgehead atoms. The van der Waals surface area contributed by atoms with Gasteiger partial charge in [-0.2, -0.15) is 0 Å². The van der Waals surface area contributed by atoms with Crippen molar-refractivity contribution in [2.75, 3.05) is 50.8 Å². The predicted molar refractivity (Wildman–Crippen MR) is 133 cm³/mol. The highest BCUT2D eigenvalue weighted by Gasteiger charge is 2.49. The summed E-state index contributed by atoms with van der Waals surface area (Å²) >= 11 is 0. The highest BCUT2D eigenvalue weighted by Crippen LogP contribution is 2.32. The van der Waals surface area contributed by atoms with Crippen LogP contribution < -0.4 is 10.2 Å². The lowest BCUT2D eigenvalue weighted by atomic mass is 9.83. The third-order valence-electron chi connectivity index (χ3n) is 8.38. The highest BCUT2D eigenvalue weighted by atomic mass is 16.5. The van der Waals surface area contributed by atoms with Crippen LogP contribution in [0.3, 0.4) is 0 Å². The summed E-state index contributed by atoms with van der Waals surface area (Å²) < 4.78 is 5.58. The van der Waals surface area contributed by atoms with E-state index < -0.39 is 12.1 Å². The Morgan fingerprint density at radius 3 is 2.40 bits per heavy atom. The van der Waals surface area contributed by atoms with E-state index in [1.807, 2.05) is 24.3 Å². The summed E-state index contributed by atoms with van der Waals surface area (Å²) in [4.78, 5) is 45.9. The summed E-state index contributed by atoms with van der Waals surface area (Å²) in [7, 11) is 0. The molecule has 0 spiro atoms. The van der Waals surface area contributed by atoms with E-state index in [-0.39, 0.29) is 36.2 Å². The summed E-state index contributed by atoms with van der Waals surface area (Å²) in [6, 6.07) is 6.65. The van der Waals surface area contributed by atoms with Crippen molar-refractivity contribution in [2.24, 2.45) is 5.92 Å². The molecule has 3 atom stereocenters. The molecule has 5 rings (SSSR count). The molecule has 35 heavy (non-hydrogen) atoms. The van der Waals surface area contributed by atoms with Crippen LogP contribution in [-0.2, 0) is 14.3 Å². The van der Waals surface area contributed by atoms with Gasteiger partial charge in [0.1, 0.15) is 18.7 Å². The average molecular weight is 483 g/mol. The zero-order chi connectivity index (χ0) is 24.4. The van der Waals surface area contributed by atoms with Gasteiger partial charge >= 0.3 is 0 Å². The molecule has 1 aromatic carbocycles. The Morgan fingerprint density at radius 2 is 1.71 bits per heavy atom. The van der Waals surface area contributed by atoms with E-state index in [4.69, 9.17) is 4.74 Å². The molecule has 190 valence electrons. The van der Waals surface area contributed by atoms with Crippen LogP contribution in [0.5, 0.6) is 0 Å². The van der Waals surface area contributed by atoms with Gasteiger partial charge in [0.05, 0.1) is 6.10 Å². The second-order valence-corrected chi connectivity index (χ2v) is 10.4. The second-order valence-electron chi connectivity index (χ2n) is 10.4. The fourth-order valence-corrected chi connectivity index (χ4v) is 6.24. The van der Waals surface area contributed by atoms with Gasteiger partial charge in [-0.25, -0.2) is 0 Å². The number of piperazine rings is 1. The van der Waals surface area contributed by atoms with Gasteiger partial charge < -0.3 is 24.8 Å². The van der Waals surface area contributed by atoms with Crippen LogP contribution in [0.15, 0.2) is 24.3 Å². The zero-order valence-electron chi connectivity index (χ0n) is 20.8.